The molecule has 0 aliphatic carbocycles. The van der Waals surface area contributed by atoms with Crippen molar-refractivity contribution >= 4 is 17.9 Å². The van der Waals surface area contributed by atoms with Crippen LogP contribution in [0, 0.1) is 0 Å². The SMILES string of the molecule is CC(=O)OC[C@H]1O[C@@H](N=[N+]=[N-])[C@H](O)[C@@H](OC(C)=O)[C@@H]1OC(C)=O. The van der Waals surface area contributed by atoms with Crippen LogP contribution in [0.5, 0.6) is 0 Å². The van der Waals surface area contributed by atoms with Gasteiger partial charge in [-0.3, -0.25) is 14.4 Å². The van der Waals surface area contributed by atoms with Gasteiger partial charge in [-0.05, 0) is 5.53 Å². The van der Waals surface area contributed by atoms with E-state index < -0.39 is 48.6 Å². The second-order valence-corrected chi connectivity index (χ2v) is 4.71. The third-order valence-corrected chi connectivity index (χ3v) is 2.85. The fraction of sp³-hybridized carbons (Fsp3) is 0.750. The number of aliphatic hydroxyl groups is 1. The Bertz CT molecular complexity index is 518. The van der Waals surface area contributed by atoms with E-state index >= 15 is 0 Å². The lowest BCUT2D eigenvalue weighted by Crippen LogP contribution is -2.60. The molecule has 0 aromatic rings. The number of hydrogen-bond donors (Lipinski definition) is 1. The zero-order valence-electron chi connectivity index (χ0n) is 12.7. The lowest BCUT2D eigenvalue weighted by atomic mass is 9.98. The van der Waals surface area contributed by atoms with Crippen LogP contribution in [0.2, 0.25) is 0 Å². The highest BCUT2D eigenvalue weighted by Crippen LogP contribution is 2.27. The molecule has 0 unspecified atom stereocenters. The highest BCUT2D eigenvalue weighted by atomic mass is 16.6. The molecule has 1 heterocycles. The number of ether oxygens (including phenoxy) is 4. The van der Waals surface area contributed by atoms with Crippen LogP contribution in [0.1, 0.15) is 20.8 Å². The van der Waals surface area contributed by atoms with Crippen LogP contribution in [0.25, 0.3) is 10.4 Å². The van der Waals surface area contributed by atoms with Crippen molar-refractivity contribution in [2.24, 2.45) is 5.11 Å². The van der Waals surface area contributed by atoms with Gasteiger partial charge in [0.25, 0.3) is 0 Å². The molecule has 0 radical (unpaired) electrons. The number of carbonyl (C=O) groups excluding carboxylic acids is 3. The molecule has 5 atom stereocenters. The highest BCUT2D eigenvalue weighted by molar-refractivity contribution is 5.67. The number of carbonyl (C=O) groups is 3. The molecule has 11 heteroatoms. The molecule has 0 bridgehead atoms. The lowest BCUT2D eigenvalue weighted by molar-refractivity contribution is -0.245. The normalized spacial score (nSPS) is 29.8. The topological polar surface area (TPSA) is 157 Å². The predicted molar refractivity (Wildman–Crippen MR) is 71.6 cm³/mol. The van der Waals surface area contributed by atoms with Crippen LogP contribution in [-0.4, -0.2) is 60.3 Å². The van der Waals surface area contributed by atoms with Gasteiger partial charge in [0.2, 0.25) is 0 Å². The van der Waals surface area contributed by atoms with E-state index in [4.69, 9.17) is 24.5 Å². The summed E-state index contributed by atoms with van der Waals surface area (Å²) in [4.78, 5) is 35.9. The van der Waals surface area contributed by atoms with Crippen LogP contribution < -0.4 is 0 Å². The molecule has 1 rings (SSSR count). The van der Waals surface area contributed by atoms with Crippen molar-refractivity contribution in [3.05, 3.63) is 10.4 Å². The molecule has 11 nitrogen and oxygen atoms in total. The van der Waals surface area contributed by atoms with E-state index in [9.17, 15) is 19.5 Å². The first-order valence-electron chi connectivity index (χ1n) is 6.61. The molecule has 1 aliphatic rings. The summed E-state index contributed by atoms with van der Waals surface area (Å²) in [5.41, 5.74) is 8.51. The summed E-state index contributed by atoms with van der Waals surface area (Å²) in [5, 5.41) is 13.4. The Morgan fingerprint density at radius 1 is 1.13 bits per heavy atom. The molecule has 0 spiro atoms. The molecule has 0 aromatic carbocycles. The number of azide groups is 1. The highest BCUT2D eigenvalue weighted by Gasteiger charge is 2.49. The van der Waals surface area contributed by atoms with Crippen LogP contribution in [0.3, 0.4) is 0 Å². The van der Waals surface area contributed by atoms with E-state index in [0.29, 0.717) is 0 Å². The maximum absolute atomic E-state index is 11.3. The second kappa shape index (κ2) is 8.32. The average molecular weight is 331 g/mol. The van der Waals surface area contributed by atoms with Crippen molar-refractivity contribution in [1.82, 2.24) is 0 Å². The molecule has 1 saturated heterocycles. The van der Waals surface area contributed by atoms with Gasteiger partial charge in [0.1, 0.15) is 18.8 Å². The first-order valence-corrected chi connectivity index (χ1v) is 6.61. The summed E-state index contributed by atoms with van der Waals surface area (Å²) in [6, 6.07) is 0. The fourth-order valence-corrected chi connectivity index (χ4v) is 2.05. The summed E-state index contributed by atoms with van der Waals surface area (Å²) < 4.78 is 20.1. The van der Waals surface area contributed by atoms with Gasteiger partial charge in [-0.1, -0.05) is 5.11 Å². The summed E-state index contributed by atoms with van der Waals surface area (Å²) in [5.74, 6) is -2.09. The lowest BCUT2D eigenvalue weighted by Gasteiger charge is -2.41. The third-order valence-electron chi connectivity index (χ3n) is 2.85. The van der Waals surface area contributed by atoms with Gasteiger partial charge in [0, 0.05) is 25.7 Å². The van der Waals surface area contributed by atoms with Crippen molar-refractivity contribution in [3.63, 3.8) is 0 Å². The Morgan fingerprint density at radius 3 is 2.17 bits per heavy atom. The minimum absolute atomic E-state index is 0.352. The van der Waals surface area contributed by atoms with Gasteiger partial charge < -0.3 is 24.1 Å². The first-order chi connectivity index (χ1) is 10.8. The summed E-state index contributed by atoms with van der Waals surface area (Å²) in [6.07, 6.45) is -6.65. The second-order valence-electron chi connectivity index (χ2n) is 4.71. The van der Waals surface area contributed by atoms with Crippen LogP contribution >= 0.6 is 0 Å². The van der Waals surface area contributed by atoms with Gasteiger partial charge in [-0.2, -0.15) is 0 Å². The van der Waals surface area contributed by atoms with Crippen molar-refractivity contribution < 1.29 is 38.4 Å². The minimum atomic E-state index is -1.56. The molecule has 1 fully saturated rings. The Morgan fingerprint density at radius 2 is 1.70 bits per heavy atom. The first kappa shape index (κ1) is 18.7. The molecule has 128 valence electrons. The van der Waals surface area contributed by atoms with Crippen molar-refractivity contribution in [3.8, 4) is 0 Å². The fourth-order valence-electron chi connectivity index (χ4n) is 2.05. The van der Waals surface area contributed by atoms with E-state index in [1.807, 2.05) is 0 Å². The van der Waals surface area contributed by atoms with E-state index in [1.165, 1.54) is 0 Å². The zero-order valence-corrected chi connectivity index (χ0v) is 12.7. The van der Waals surface area contributed by atoms with Crippen molar-refractivity contribution in [2.45, 2.75) is 51.4 Å². The number of nitrogens with zero attached hydrogens (tertiary/aromatic N) is 3. The van der Waals surface area contributed by atoms with Gasteiger partial charge in [-0.15, -0.1) is 0 Å². The molecular weight excluding hydrogens is 314 g/mol. The Labute approximate surface area is 131 Å². The van der Waals surface area contributed by atoms with Gasteiger partial charge in [-0.25, -0.2) is 0 Å². The number of rotatable bonds is 5. The minimum Gasteiger partial charge on any atom is -0.463 e. The van der Waals surface area contributed by atoms with Crippen molar-refractivity contribution in [1.29, 1.82) is 0 Å². The quantitative estimate of drug-likeness (QED) is 0.239. The maximum atomic E-state index is 11.3. The van der Waals surface area contributed by atoms with Crippen LogP contribution in [-0.2, 0) is 33.3 Å². The number of esters is 3. The van der Waals surface area contributed by atoms with E-state index in [2.05, 4.69) is 10.0 Å². The van der Waals surface area contributed by atoms with Gasteiger partial charge >= 0.3 is 17.9 Å². The monoisotopic (exact) mass is 331 g/mol. The Balaban J connectivity index is 3.09. The zero-order chi connectivity index (χ0) is 17.6. The Hall–Kier alpha value is -2.36. The molecule has 0 amide bonds. The molecule has 1 N–H and O–H groups in total. The summed E-state index contributed by atoms with van der Waals surface area (Å²) >= 11 is 0. The van der Waals surface area contributed by atoms with Gasteiger partial charge in [0.05, 0.1) is 0 Å². The molecule has 0 aromatic heterocycles. The van der Waals surface area contributed by atoms with Crippen LogP contribution in [0.15, 0.2) is 5.11 Å². The summed E-state index contributed by atoms with van der Waals surface area (Å²) in [6.45, 7) is 3.01. The predicted octanol–water partition coefficient (Wildman–Crippen LogP) is -0.191. The molecule has 0 saturated carbocycles. The standard InChI is InChI=1S/C12H17N3O8/c1-5(16)20-4-8-10(21-6(2)17)11(22-7(3)18)9(19)12(23-8)14-15-13/h8-12,19H,4H2,1-3H3/t8-,9-,10-,11-,12-/m1/s1. The Kier molecular flexibility index (Phi) is 6.76. The van der Waals surface area contributed by atoms with Crippen LogP contribution in [0.4, 0.5) is 0 Å². The number of hydrogen-bond acceptors (Lipinski definition) is 9. The van der Waals surface area contributed by atoms with E-state index in [1.54, 1.807) is 0 Å². The molecule has 23 heavy (non-hydrogen) atoms. The smallest absolute Gasteiger partial charge is 0.303 e. The molecule has 1 aliphatic heterocycles. The van der Waals surface area contributed by atoms with E-state index in [0.717, 1.165) is 20.8 Å². The molecular formula is C12H17N3O8. The summed E-state index contributed by atoms with van der Waals surface area (Å²) in [7, 11) is 0. The maximum Gasteiger partial charge on any atom is 0.303 e. The number of aliphatic hydroxyl groups excluding tert-OH is 1. The average Bonchev–Trinajstić information content (AvgIpc) is 2.43. The largest absolute Gasteiger partial charge is 0.463 e. The van der Waals surface area contributed by atoms with E-state index in [-0.39, 0.29) is 6.61 Å². The third kappa shape index (κ3) is 5.40. The van der Waals surface area contributed by atoms with Crippen molar-refractivity contribution in [2.75, 3.05) is 6.61 Å². The van der Waals surface area contributed by atoms with Gasteiger partial charge in [0.15, 0.2) is 18.4 Å².